The zero-order valence-electron chi connectivity index (χ0n) is 15.1. The van der Waals surface area contributed by atoms with Gasteiger partial charge in [0.25, 0.3) is 5.56 Å². The smallest absolute Gasteiger partial charge is 0.260 e. The van der Waals surface area contributed by atoms with E-state index in [9.17, 15) is 4.79 Å². The maximum Gasteiger partial charge on any atom is 0.260 e. The van der Waals surface area contributed by atoms with Crippen LogP contribution in [0.3, 0.4) is 0 Å². The van der Waals surface area contributed by atoms with Crippen molar-refractivity contribution >= 4 is 44.9 Å². The Kier molecular flexibility index (Phi) is 5.71. The van der Waals surface area contributed by atoms with Crippen molar-refractivity contribution in [2.45, 2.75) is 12.1 Å². The summed E-state index contributed by atoms with van der Waals surface area (Å²) in [6.45, 7) is 2.54. The van der Waals surface area contributed by atoms with E-state index in [4.69, 9.17) is 16.3 Å². The monoisotopic (exact) mass is 428 g/mol. The lowest BCUT2D eigenvalue weighted by Gasteiger charge is -2.06. The zero-order chi connectivity index (χ0) is 19.5. The standard InChI is InChI=1S/C21H17ClN2O2S2/c1-13-17(14-5-3-2-4-6-14)18-19(25)23-21(24-20(18)28-13)27-12-11-26-16-9-7-15(22)8-10-16/h2-10H,11-12H2,1H3,(H,23,24,25). The Morgan fingerprint density at radius 1 is 1.14 bits per heavy atom. The maximum atomic E-state index is 12.7. The fourth-order valence-corrected chi connectivity index (χ4v) is 4.86. The number of aryl methyl sites for hydroxylation is 1. The average molecular weight is 429 g/mol. The number of H-pyrrole nitrogens is 1. The number of fused-ring (bicyclic) bond motifs is 1. The SMILES string of the molecule is Cc1sc2nc(SCCOc3ccc(Cl)cc3)[nH]c(=O)c2c1-c1ccccc1. The summed E-state index contributed by atoms with van der Waals surface area (Å²) in [5.41, 5.74) is 1.90. The van der Waals surface area contributed by atoms with Gasteiger partial charge in [-0.05, 0) is 36.8 Å². The van der Waals surface area contributed by atoms with Crippen molar-refractivity contribution in [2.75, 3.05) is 12.4 Å². The number of benzene rings is 2. The van der Waals surface area contributed by atoms with Gasteiger partial charge in [0.15, 0.2) is 5.16 Å². The molecule has 0 aliphatic carbocycles. The van der Waals surface area contributed by atoms with E-state index < -0.39 is 0 Å². The van der Waals surface area contributed by atoms with Gasteiger partial charge in [-0.3, -0.25) is 4.79 Å². The minimum Gasteiger partial charge on any atom is -0.493 e. The lowest BCUT2D eigenvalue weighted by Crippen LogP contribution is -2.09. The molecule has 0 bridgehead atoms. The van der Waals surface area contributed by atoms with Crippen LogP contribution >= 0.6 is 34.7 Å². The topological polar surface area (TPSA) is 55.0 Å². The number of rotatable bonds is 6. The summed E-state index contributed by atoms with van der Waals surface area (Å²) in [5.74, 6) is 1.44. The largest absolute Gasteiger partial charge is 0.493 e. The van der Waals surface area contributed by atoms with Gasteiger partial charge in [-0.15, -0.1) is 11.3 Å². The molecule has 0 unspecified atom stereocenters. The van der Waals surface area contributed by atoms with Crippen LogP contribution < -0.4 is 10.3 Å². The Labute approximate surface area is 175 Å². The maximum absolute atomic E-state index is 12.7. The van der Waals surface area contributed by atoms with E-state index >= 15 is 0 Å². The van der Waals surface area contributed by atoms with Gasteiger partial charge in [0, 0.05) is 21.2 Å². The van der Waals surface area contributed by atoms with Crippen molar-refractivity contribution in [1.29, 1.82) is 0 Å². The number of halogens is 1. The Morgan fingerprint density at radius 2 is 1.89 bits per heavy atom. The molecule has 2 aromatic carbocycles. The first-order valence-electron chi connectivity index (χ1n) is 8.72. The Hall–Kier alpha value is -2.28. The highest BCUT2D eigenvalue weighted by atomic mass is 35.5. The molecule has 0 aliphatic rings. The fraction of sp³-hybridized carbons (Fsp3) is 0.143. The van der Waals surface area contributed by atoms with Gasteiger partial charge in [-0.25, -0.2) is 4.98 Å². The van der Waals surface area contributed by atoms with Crippen LogP contribution in [0.2, 0.25) is 5.02 Å². The summed E-state index contributed by atoms with van der Waals surface area (Å²) in [5, 5.41) is 1.95. The molecule has 0 radical (unpaired) electrons. The summed E-state index contributed by atoms with van der Waals surface area (Å²) in [6.07, 6.45) is 0. The molecule has 4 nitrogen and oxygen atoms in total. The molecule has 0 saturated heterocycles. The highest BCUT2D eigenvalue weighted by molar-refractivity contribution is 7.99. The van der Waals surface area contributed by atoms with E-state index in [1.165, 1.54) is 11.8 Å². The van der Waals surface area contributed by atoms with E-state index in [0.29, 0.717) is 27.9 Å². The van der Waals surface area contributed by atoms with Crippen molar-refractivity contribution in [3.05, 3.63) is 74.9 Å². The molecule has 0 saturated carbocycles. The first-order chi connectivity index (χ1) is 13.6. The predicted molar refractivity (Wildman–Crippen MR) is 118 cm³/mol. The molecular formula is C21H17ClN2O2S2. The third kappa shape index (κ3) is 4.09. The van der Waals surface area contributed by atoms with Crippen LogP contribution in [0, 0.1) is 6.92 Å². The van der Waals surface area contributed by atoms with Gasteiger partial charge in [0.05, 0.1) is 12.0 Å². The van der Waals surface area contributed by atoms with Crippen molar-refractivity contribution < 1.29 is 4.74 Å². The Bertz CT molecular complexity index is 1150. The average Bonchev–Trinajstić information content (AvgIpc) is 3.03. The molecule has 0 fully saturated rings. The number of nitrogens with one attached hydrogen (secondary N) is 1. The highest BCUT2D eigenvalue weighted by Crippen LogP contribution is 2.35. The highest BCUT2D eigenvalue weighted by Gasteiger charge is 2.16. The number of aromatic amines is 1. The van der Waals surface area contributed by atoms with Crippen LogP contribution in [0.4, 0.5) is 0 Å². The summed E-state index contributed by atoms with van der Waals surface area (Å²) >= 11 is 8.89. The van der Waals surface area contributed by atoms with Gasteiger partial charge in [0.1, 0.15) is 10.6 Å². The number of nitrogens with zero attached hydrogens (tertiary/aromatic N) is 1. The number of hydrogen-bond acceptors (Lipinski definition) is 5. The van der Waals surface area contributed by atoms with Crippen LogP contribution in [0.1, 0.15) is 4.88 Å². The second-order valence-corrected chi connectivity index (χ2v) is 8.82. The summed E-state index contributed by atoms with van der Waals surface area (Å²) in [6, 6.07) is 17.2. The van der Waals surface area contributed by atoms with Crippen molar-refractivity contribution in [1.82, 2.24) is 9.97 Å². The minimum absolute atomic E-state index is 0.102. The van der Waals surface area contributed by atoms with Crippen LogP contribution in [-0.4, -0.2) is 22.3 Å². The van der Waals surface area contributed by atoms with Crippen molar-refractivity contribution in [3.63, 3.8) is 0 Å². The number of thioether (sulfide) groups is 1. The molecular weight excluding hydrogens is 412 g/mol. The van der Waals surface area contributed by atoms with E-state index in [0.717, 1.165) is 26.6 Å². The molecule has 0 aliphatic heterocycles. The van der Waals surface area contributed by atoms with Gasteiger partial charge >= 0.3 is 0 Å². The van der Waals surface area contributed by atoms with E-state index in [2.05, 4.69) is 9.97 Å². The third-order valence-corrected chi connectivity index (χ3v) is 6.27. The Morgan fingerprint density at radius 3 is 2.64 bits per heavy atom. The molecule has 2 heterocycles. The first kappa shape index (κ1) is 19.1. The van der Waals surface area contributed by atoms with Gasteiger partial charge in [0.2, 0.25) is 0 Å². The fourth-order valence-electron chi connectivity index (χ4n) is 2.95. The number of thiophene rings is 1. The lowest BCUT2D eigenvalue weighted by atomic mass is 10.0. The zero-order valence-corrected chi connectivity index (χ0v) is 17.5. The second kappa shape index (κ2) is 8.39. The van der Waals surface area contributed by atoms with E-state index in [-0.39, 0.29) is 5.56 Å². The van der Waals surface area contributed by atoms with Crippen molar-refractivity contribution in [2.24, 2.45) is 0 Å². The van der Waals surface area contributed by atoms with E-state index in [1.807, 2.05) is 49.4 Å². The molecule has 7 heteroatoms. The molecule has 1 N–H and O–H groups in total. The molecule has 4 aromatic rings. The molecule has 4 rings (SSSR count). The number of aromatic nitrogens is 2. The van der Waals surface area contributed by atoms with Crippen molar-refractivity contribution in [3.8, 4) is 16.9 Å². The second-order valence-electron chi connectivity index (χ2n) is 6.10. The molecule has 0 atom stereocenters. The number of ether oxygens (including phenoxy) is 1. The lowest BCUT2D eigenvalue weighted by molar-refractivity contribution is 0.344. The normalized spacial score (nSPS) is 11.1. The van der Waals surface area contributed by atoms with Crippen LogP contribution in [-0.2, 0) is 0 Å². The molecule has 0 amide bonds. The molecule has 28 heavy (non-hydrogen) atoms. The molecule has 2 aromatic heterocycles. The minimum atomic E-state index is -0.102. The third-order valence-electron chi connectivity index (χ3n) is 4.18. The Balaban J connectivity index is 1.50. The van der Waals surface area contributed by atoms with Gasteiger partial charge in [-0.1, -0.05) is 53.7 Å². The number of hydrogen-bond donors (Lipinski definition) is 1. The van der Waals surface area contributed by atoms with Crippen LogP contribution in [0.25, 0.3) is 21.3 Å². The first-order valence-corrected chi connectivity index (χ1v) is 10.9. The predicted octanol–water partition coefficient (Wildman–Crippen LogP) is 5.78. The van der Waals surface area contributed by atoms with Crippen LogP contribution in [0.15, 0.2) is 64.5 Å². The van der Waals surface area contributed by atoms with Gasteiger partial charge in [-0.2, -0.15) is 0 Å². The van der Waals surface area contributed by atoms with Crippen LogP contribution in [0.5, 0.6) is 5.75 Å². The van der Waals surface area contributed by atoms with E-state index in [1.54, 1.807) is 23.5 Å². The summed E-state index contributed by atoms with van der Waals surface area (Å²) < 4.78 is 5.68. The summed E-state index contributed by atoms with van der Waals surface area (Å²) in [7, 11) is 0. The molecule has 0 spiro atoms. The summed E-state index contributed by atoms with van der Waals surface area (Å²) in [4.78, 5) is 22.2. The quantitative estimate of drug-likeness (QED) is 0.240. The van der Waals surface area contributed by atoms with Gasteiger partial charge < -0.3 is 9.72 Å². The molecule has 142 valence electrons.